The molecule has 110 valence electrons. The summed E-state index contributed by atoms with van der Waals surface area (Å²) in [5.41, 5.74) is 0.896. The molecule has 1 aliphatic rings. The molecule has 1 unspecified atom stereocenters. The topological polar surface area (TPSA) is 77.9 Å². The molecule has 0 aromatic heterocycles. The minimum Gasteiger partial charge on any atom is -0.481 e. The van der Waals surface area contributed by atoms with Crippen molar-refractivity contribution in [1.29, 1.82) is 0 Å². The van der Waals surface area contributed by atoms with Crippen LogP contribution in [-0.4, -0.2) is 48.2 Å². The Bertz CT molecular complexity index is 573. The van der Waals surface area contributed by atoms with Crippen LogP contribution in [0.15, 0.2) is 30.3 Å². The van der Waals surface area contributed by atoms with Gasteiger partial charge in [0.25, 0.3) is 10.2 Å². The summed E-state index contributed by atoms with van der Waals surface area (Å²) in [5, 5.41) is 8.94. The first-order chi connectivity index (χ1) is 9.41. The van der Waals surface area contributed by atoms with Gasteiger partial charge in [0.1, 0.15) is 0 Å². The molecular formula is C13H18N2O4S. The largest absolute Gasteiger partial charge is 0.481 e. The van der Waals surface area contributed by atoms with Gasteiger partial charge in [-0.2, -0.15) is 17.0 Å². The molecule has 1 heterocycles. The summed E-state index contributed by atoms with van der Waals surface area (Å²) < 4.78 is 27.2. The van der Waals surface area contributed by atoms with Crippen molar-refractivity contribution >= 4 is 16.2 Å². The first-order valence-electron chi connectivity index (χ1n) is 6.39. The van der Waals surface area contributed by atoms with Gasteiger partial charge in [-0.05, 0) is 12.0 Å². The molecule has 6 nitrogen and oxygen atoms in total. The highest BCUT2D eigenvalue weighted by atomic mass is 32.2. The monoisotopic (exact) mass is 298 g/mol. The molecule has 1 saturated heterocycles. The van der Waals surface area contributed by atoms with Crippen LogP contribution in [0.2, 0.25) is 0 Å². The number of nitrogens with zero attached hydrogens (tertiary/aromatic N) is 2. The Kier molecular flexibility index (Phi) is 4.42. The Hall–Kier alpha value is -1.44. The van der Waals surface area contributed by atoms with Gasteiger partial charge >= 0.3 is 5.97 Å². The summed E-state index contributed by atoms with van der Waals surface area (Å²) >= 11 is 0. The molecule has 1 fully saturated rings. The fraction of sp³-hybridized carbons (Fsp3) is 0.462. The van der Waals surface area contributed by atoms with Gasteiger partial charge in [-0.25, -0.2) is 0 Å². The average molecular weight is 298 g/mol. The van der Waals surface area contributed by atoms with Crippen LogP contribution in [-0.2, 0) is 21.5 Å². The number of carboxylic acids is 1. The molecule has 0 spiro atoms. The zero-order valence-electron chi connectivity index (χ0n) is 11.3. The lowest BCUT2D eigenvalue weighted by Crippen LogP contribution is -2.40. The second-order valence-electron chi connectivity index (χ2n) is 4.93. The van der Waals surface area contributed by atoms with Crippen molar-refractivity contribution in [3.05, 3.63) is 35.9 Å². The minimum absolute atomic E-state index is 0.0524. The van der Waals surface area contributed by atoms with Crippen LogP contribution in [0, 0.1) is 5.92 Å². The highest BCUT2D eigenvalue weighted by molar-refractivity contribution is 7.86. The maximum absolute atomic E-state index is 12.4. The molecule has 7 heteroatoms. The number of carbonyl (C=O) groups is 1. The van der Waals surface area contributed by atoms with E-state index in [1.807, 2.05) is 30.3 Å². The zero-order chi connectivity index (χ0) is 14.8. The highest BCUT2D eigenvalue weighted by Gasteiger charge is 2.36. The number of rotatable bonds is 5. The van der Waals surface area contributed by atoms with E-state index in [0.717, 1.165) is 5.56 Å². The lowest BCUT2D eigenvalue weighted by atomic mass is 10.1. The molecule has 0 saturated carbocycles. The van der Waals surface area contributed by atoms with Crippen molar-refractivity contribution in [3.8, 4) is 0 Å². The van der Waals surface area contributed by atoms with Crippen molar-refractivity contribution in [2.75, 3.05) is 20.1 Å². The van der Waals surface area contributed by atoms with Crippen molar-refractivity contribution in [3.63, 3.8) is 0 Å². The van der Waals surface area contributed by atoms with E-state index >= 15 is 0 Å². The first-order valence-corrected chi connectivity index (χ1v) is 7.79. The summed E-state index contributed by atoms with van der Waals surface area (Å²) in [4.78, 5) is 10.9. The van der Waals surface area contributed by atoms with Crippen LogP contribution in [0.4, 0.5) is 0 Å². The maximum atomic E-state index is 12.4. The van der Waals surface area contributed by atoms with Crippen molar-refractivity contribution < 1.29 is 18.3 Å². The smallest absolute Gasteiger partial charge is 0.307 e. The standard InChI is InChI=1S/C13H18N2O4S/c1-14(9-11-5-3-2-4-6-11)20(18,19)15-8-7-12(10-15)13(16)17/h2-6,12H,7-10H2,1H3,(H,16,17). The molecule has 2 rings (SSSR count). The van der Waals surface area contributed by atoms with E-state index < -0.39 is 22.1 Å². The molecule has 0 aliphatic carbocycles. The summed E-state index contributed by atoms with van der Waals surface area (Å²) in [5.74, 6) is -1.54. The van der Waals surface area contributed by atoms with Gasteiger partial charge in [0.15, 0.2) is 0 Å². The van der Waals surface area contributed by atoms with E-state index in [1.54, 1.807) is 0 Å². The molecular weight excluding hydrogens is 280 g/mol. The fourth-order valence-corrected chi connectivity index (χ4v) is 3.67. The highest BCUT2D eigenvalue weighted by Crippen LogP contribution is 2.22. The third-order valence-electron chi connectivity index (χ3n) is 3.47. The van der Waals surface area contributed by atoms with Crippen LogP contribution in [0.3, 0.4) is 0 Å². The van der Waals surface area contributed by atoms with E-state index in [4.69, 9.17) is 5.11 Å². The van der Waals surface area contributed by atoms with Gasteiger partial charge in [-0.15, -0.1) is 0 Å². The first kappa shape index (κ1) is 15.0. The van der Waals surface area contributed by atoms with E-state index in [1.165, 1.54) is 15.7 Å². The van der Waals surface area contributed by atoms with E-state index in [2.05, 4.69) is 0 Å². The molecule has 1 atom stereocenters. The summed E-state index contributed by atoms with van der Waals surface area (Å²) in [7, 11) is -2.09. The van der Waals surface area contributed by atoms with Gasteiger partial charge in [0, 0.05) is 26.7 Å². The Morgan fingerprint density at radius 2 is 2.05 bits per heavy atom. The number of hydrogen-bond donors (Lipinski definition) is 1. The predicted octanol–water partition coefficient (Wildman–Crippen LogP) is 0.770. The summed E-state index contributed by atoms with van der Waals surface area (Å²) in [6.07, 6.45) is 0.369. The van der Waals surface area contributed by atoms with Gasteiger partial charge in [-0.3, -0.25) is 4.79 Å². The second kappa shape index (κ2) is 5.90. The number of carboxylic acid groups (broad SMARTS) is 1. The predicted molar refractivity (Wildman–Crippen MR) is 74.1 cm³/mol. The van der Waals surface area contributed by atoms with Crippen LogP contribution in [0.5, 0.6) is 0 Å². The van der Waals surface area contributed by atoms with Gasteiger partial charge in [0.2, 0.25) is 0 Å². The van der Waals surface area contributed by atoms with Crippen molar-refractivity contribution in [1.82, 2.24) is 8.61 Å². The van der Waals surface area contributed by atoms with Crippen molar-refractivity contribution in [2.45, 2.75) is 13.0 Å². The van der Waals surface area contributed by atoms with Gasteiger partial charge < -0.3 is 5.11 Å². The maximum Gasteiger partial charge on any atom is 0.307 e. The van der Waals surface area contributed by atoms with Crippen LogP contribution >= 0.6 is 0 Å². The normalized spacial score (nSPS) is 20.4. The Labute approximate surface area is 118 Å². The van der Waals surface area contributed by atoms with E-state index in [0.29, 0.717) is 6.42 Å². The fourth-order valence-electron chi connectivity index (χ4n) is 2.26. The molecule has 1 aromatic carbocycles. The number of hydrogen-bond acceptors (Lipinski definition) is 3. The average Bonchev–Trinajstić information content (AvgIpc) is 2.90. The minimum atomic E-state index is -3.60. The van der Waals surface area contributed by atoms with Gasteiger partial charge in [-0.1, -0.05) is 30.3 Å². The molecule has 1 aliphatic heterocycles. The quantitative estimate of drug-likeness (QED) is 0.871. The number of benzene rings is 1. The molecule has 0 bridgehead atoms. The van der Waals surface area contributed by atoms with Crippen molar-refractivity contribution in [2.24, 2.45) is 5.92 Å². The molecule has 0 amide bonds. The molecule has 20 heavy (non-hydrogen) atoms. The Morgan fingerprint density at radius 3 is 2.60 bits per heavy atom. The van der Waals surface area contributed by atoms with Crippen LogP contribution in [0.1, 0.15) is 12.0 Å². The summed E-state index contributed by atoms with van der Waals surface area (Å²) in [6.45, 7) is 0.590. The van der Waals surface area contributed by atoms with Crippen LogP contribution in [0.25, 0.3) is 0 Å². The third kappa shape index (κ3) is 3.17. The zero-order valence-corrected chi connectivity index (χ0v) is 12.1. The molecule has 1 aromatic rings. The van der Waals surface area contributed by atoms with E-state index in [9.17, 15) is 13.2 Å². The van der Waals surface area contributed by atoms with E-state index in [-0.39, 0.29) is 19.6 Å². The van der Waals surface area contributed by atoms with Crippen LogP contribution < -0.4 is 0 Å². The third-order valence-corrected chi connectivity index (χ3v) is 5.37. The molecule has 0 radical (unpaired) electrons. The number of aliphatic carboxylic acids is 1. The Balaban J connectivity index is 2.05. The lowest BCUT2D eigenvalue weighted by Gasteiger charge is -2.24. The SMILES string of the molecule is CN(Cc1ccccc1)S(=O)(=O)N1CCC(C(=O)O)C1. The summed E-state index contributed by atoms with van der Waals surface area (Å²) in [6, 6.07) is 9.29. The van der Waals surface area contributed by atoms with Gasteiger partial charge in [0.05, 0.1) is 5.92 Å². The lowest BCUT2D eigenvalue weighted by molar-refractivity contribution is -0.141. The molecule has 1 N–H and O–H groups in total. The second-order valence-corrected chi connectivity index (χ2v) is 6.97. The Morgan fingerprint density at radius 1 is 1.40 bits per heavy atom.